The maximum Gasteiger partial charge on any atom is 0.277 e. The van der Waals surface area contributed by atoms with Gasteiger partial charge in [-0.2, -0.15) is 5.10 Å². The summed E-state index contributed by atoms with van der Waals surface area (Å²) < 4.78 is 1.45. The molecule has 0 radical (unpaired) electrons. The zero-order valence-electron chi connectivity index (χ0n) is 10.7. The molecule has 21 heavy (non-hydrogen) atoms. The van der Waals surface area contributed by atoms with E-state index in [2.05, 4.69) is 10.4 Å². The van der Waals surface area contributed by atoms with E-state index in [4.69, 9.17) is 0 Å². The molecule has 2 rings (SSSR count). The number of aromatic nitrogens is 2. The number of hydrogen-bond acceptors (Lipinski definition) is 6. The number of nitrogens with one attached hydrogen (secondary N) is 1. The van der Waals surface area contributed by atoms with Crippen LogP contribution in [0.4, 0.5) is 17.2 Å². The van der Waals surface area contributed by atoms with Gasteiger partial charge in [0.1, 0.15) is 0 Å². The average molecular weight is 291 g/mol. The molecule has 2 aromatic rings. The van der Waals surface area contributed by atoms with E-state index in [9.17, 15) is 25.0 Å². The molecule has 0 aliphatic carbocycles. The van der Waals surface area contributed by atoms with Crippen molar-refractivity contribution in [3.05, 3.63) is 56.3 Å². The molecule has 0 aliphatic rings. The van der Waals surface area contributed by atoms with Gasteiger partial charge in [-0.25, -0.2) is 0 Å². The lowest BCUT2D eigenvalue weighted by Crippen LogP contribution is -2.13. The van der Waals surface area contributed by atoms with Crippen LogP contribution < -0.4 is 5.32 Å². The molecule has 1 heterocycles. The lowest BCUT2D eigenvalue weighted by atomic mass is 10.1. The Bertz CT molecular complexity index is 706. The number of carbonyl (C=O) groups is 1. The van der Waals surface area contributed by atoms with Crippen molar-refractivity contribution in [1.29, 1.82) is 0 Å². The zero-order valence-corrected chi connectivity index (χ0v) is 10.7. The summed E-state index contributed by atoms with van der Waals surface area (Å²) in [7, 11) is 1.65. The Morgan fingerprint density at radius 2 is 1.76 bits per heavy atom. The van der Waals surface area contributed by atoms with E-state index >= 15 is 0 Å². The Labute approximate surface area is 117 Å². The van der Waals surface area contributed by atoms with Crippen molar-refractivity contribution in [1.82, 2.24) is 9.78 Å². The van der Waals surface area contributed by atoms with E-state index in [1.165, 1.54) is 10.7 Å². The molecule has 1 amide bonds. The smallest absolute Gasteiger partial charge is 0.277 e. The summed E-state index contributed by atoms with van der Waals surface area (Å²) in [6, 6.07) is 4.23. The minimum atomic E-state index is -0.801. The summed E-state index contributed by atoms with van der Waals surface area (Å²) in [6.45, 7) is 0. The van der Waals surface area contributed by atoms with Gasteiger partial charge in [-0.15, -0.1) is 0 Å². The van der Waals surface area contributed by atoms with Crippen molar-refractivity contribution in [3.63, 3.8) is 0 Å². The van der Waals surface area contributed by atoms with Crippen molar-refractivity contribution < 1.29 is 14.6 Å². The molecule has 10 heteroatoms. The third-order valence-electron chi connectivity index (χ3n) is 2.54. The van der Waals surface area contributed by atoms with Gasteiger partial charge < -0.3 is 5.32 Å². The summed E-state index contributed by atoms with van der Waals surface area (Å²) in [4.78, 5) is 31.9. The van der Waals surface area contributed by atoms with Gasteiger partial charge in [0.25, 0.3) is 17.3 Å². The summed E-state index contributed by atoms with van der Waals surface area (Å²) in [5.74, 6) is -0.489. The van der Waals surface area contributed by atoms with Gasteiger partial charge in [0.2, 0.25) is 0 Å². The number of non-ortho nitro benzene ring substituents is 2. The Hall–Kier alpha value is -3.30. The third-order valence-corrected chi connectivity index (χ3v) is 2.54. The Morgan fingerprint density at radius 1 is 1.19 bits per heavy atom. The number of nitro groups is 2. The van der Waals surface area contributed by atoms with Gasteiger partial charge in [0.15, 0.2) is 5.82 Å². The number of carbonyl (C=O) groups excluding carboxylic acids is 1. The monoisotopic (exact) mass is 291 g/mol. The van der Waals surface area contributed by atoms with Crippen molar-refractivity contribution in [2.24, 2.45) is 7.05 Å². The molecular formula is C11H9N5O5. The van der Waals surface area contributed by atoms with Crippen LogP contribution in [0.15, 0.2) is 30.5 Å². The first-order chi connectivity index (χ1) is 9.86. The highest BCUT2D eigenvalue weighted by atomic mass is 16.6. The fourth-order valence-corrected chi connectivity index (χ4v) is 1.61. The highest BCUT2D eigenvalue weighted by molar-refractivity contribution is 6.04. The standard InChI is InChI=1S/C11H9N5O5/c1-14-3-2-10(13-14)12-11(17)7-4-8(15(18)19)6-9(5-7)16(20)21/h2-6H,1H3,(H,12,13,17). The van der Waals surface area contributed by atoms with Crippen LogP contribution in [0.25, 0.3) is 0 Å². The fourth-order valence-electron chi connectivity index (χ4n) is 1.61. The molecule has 10 nitrogen and oxygen atoms in total. The lowest BCUT2D eigenvalue weighted by molar-refractivity contribution is -0.394. The second kappa shape index (κ2) is 5.36. The minimum absolute atomic E-state index is 0.193. The molecule has 0 spiro atoms. The Balaban J connectivity index is 2.35. The molecule has 0 unspecified atom stereocenters. The SMILES string of the molecule is Cn1ccc(NC(=O)c2cc([N+](=O)[O-])cc([N+](=O)[O-])c2)n1. The van der Waals surface area contributed by atoms with Gasteiger partial charge in [-0.1, -0.05) is 0 Å². The van der Waals surface area contributed by atoms with E-state index in [0.29, 0.717) is 0 Å². The molecule has 1 N–H and O–H groups in total. The van der Waals surface area contributed by atoms with Gasteiger partial charge in [-0.3, -0.25) is 29.7 Å². The number of amides is 1. The van der Waals surface area contributed by atoms with Crippen LogP contribution in [0.5, 0.6) is 0 Å². The van der Waals surface area contributed by atoms with Crippen molar-refractivity contribution in [2.75, 3.05) is 5.32 Å². The predicted molar refractivity (Wildman–Crippen MR) is 70.9 cm³/mol. The highest BCUT2D eigenvalue weighted by Crippen LogP contribution is 2.23. The molecule has 0 bridgehead atoms. The Morgan fingerprint density at radius 3 is 2.19 bits per heavy atom. The quantitative estimate of drug-likeness (QED) is 0.670. The van der Waals surface area contributed by atoms with Gasteiger partial charge in [-0.05, 0) is 0 Å². The van der Waals surface area contributed by atoms with E-state index in [1.807, 2.05) is 0 Å². The molecule has 0 saturated heterocycles. The van der Waals surface area contributed by atoms with Crippen LogP contribution in [0.1, 0.15) is 10.4 Å². The predicted octanol–water partition coefficient (Wildman–Crippen LogP) is 1.49. The van der Waals surface area contributed by atoms with Crippen LogP contribution in [-0.4, -0.2) is 25.5 Å². The molecule has 0 fully saturated rings. The highest BCUT2D eigenvalue weighted by Gasteiger charge is 2.20. The number of rotatable bonds is 4. The van der Waals surface area contributed by atoms with Gasteiger partial charge in [0, 0.05) is 31.4 Å². The van der Waals surface area contributed by atoms with Crippen LogP contribution >= 0.6 is 0 Å². The van der Waals surface area contributed by atoms with Crippen LogP contribution in [0, 0.1) is 20.2 Å². The summed E-state index contributed by atoms with van der Waals surface area (Å²) in [5.41, 5.74) is -1.26. The first kappa shape index (κ1) is 14.1. The van der Waals surface area contributed by atoms with E-state index < -0.39 is 27.1 Å². The van der Waals surface area contributed by atoms with Gasteiger partial charge in [0.05, 0.1) is 21.5 Å². The molecule has 1 aromatic carbocycles. The zero-order chi connectivity index (χ0) is 15.6. The van der Waals surface area contributed by atoms with Crippen molar-refractivity contribution >= 4 is 23.1 Å². The summed E-state index contributed by atoms with van der Waals surface area (Å²) in [5, 5.41) is 27.8. The molecule has 0 saturated carbocycles. The largest absolute Gasteiger partial charge is 0.305 e. The molecule has 1 aromatic heterocycles. The lowest BCUT2D eigenvalue weighted by Gasteiger charge is -2.02. The third kappa shape index (κ3) is 3.18. The summed E-state index contributed by atoms with van der Waals surface area (Å²) >= 11 is 0. The Kier molecular flexibility index (Phi) is 3.61. The van der Waals surface area contributed by atoms with Gasteiger partial charge >= 0.3 is 0 Å². The normalized spacial score (nSPS) is 10.1. The number of benzene rings is 1. The van der Waals surface area contributed by atoms with Crippen LogP contribution in [0.2, 0.25) is 0 Å². The average Bonchev–Trinajstić information content (AvgIpc) is 2.83. The van der Waals surface area contributed by atoms with E-state index in [-0.39, 0.29) is 11.4 Å². The minimum Gasteiger partial charge on any atom is -0.305 e. The summed E-state index contributed by atoms with van der Waals surface area (Å²) in [6.07, 6.45) is 1.59. The van der Waals surface area contributed by atoms with Crippen LogP contribution in [-0.2, 0) is 7.05 Å². The van der Waals surface area contributed by atoms with Crippen LogP contribution in [0.3, 0.4) is 0 Å². The van der Waals surface area contributed by atoms with E-state index in [1.54, 1.807) is 13.2 Å². The number of aryl methyl sites for hydroxylation is 1. The fraction of sp³-hybridized carbons (Fsp3) is 0.0909. The van der Waals surface area contributed by atoms with E-state index in [0.717, 1.165) is 18.2 Å². The molecule has 0 aliphatic heterocycles. The first-order valence-electron chi connectivity index (χ1n) is 5.61. The number of nitrogens with zero attached hydrogens (tertiary/aromatic N) is 4. The second-order valence-electron chi connectivity index (χ2n) is 4.08. The maximum atomic E-state index is 12.0. The number of anilines is 1. The molecule has 0 atom stereocenters. The van der Waals surface area contributed by atoms with Crippen molar-refractivity contribution in [3.8, 4) is 0 Å². The maximum absolute atomic E-state index is 12.0. The second-order valence-corrected chi connectivity index (χ2v) is 4.08. The number of hydrogen-bond donors (Lipinski definition) is 1. The number of nitro benzene ring substituents is 2. The topological polar surface area (TPSA) is 133 Å². The molecule has 108 valence electrons. The molecular weight excluding hydrogens is 282 g/mol. The first-order valence-corrected chi connectivity index (χ1v) is 5.61. The van der Waals surface area contributed by atoms with Crippen molar-refractivity contribution in [2.45, 2.75) is 0 Å².